The summed E-state index contributed by atoms with van der Waals surface area (Å²) in [5.74, 6) is 0.0837. The molecule has 4 nitrogen and oxygen atoms in total. The van der Waals surface area contributed by atoms with Gasteiger partial charge in [-0.1, -0.05) is 18.2 Å². The normalized spacial score (nSPS) is 11.0. The summed E-state index contributed by atoms with van der Waals surface area (Å²) in [6.45, 7) is 5.84. The van der Waals surface area contributed by atoms with Crippen LogP contribution in [0.3, 0.4) is 0 Å². The van der Waals surface area contributed by atoms with E-state index in [0.717, 1.165) is 17.8 Å². The summed E-state index contributed by atoms with van der Waals surface area (Å²) in [7, 11) is 2.06. The van der Waals surface area contributed by atoms with Crippen LogP contribution in [0, 0.1) is 0 Å². The third-order valence-corrected chi connectivity index (χ3v) is 3.34. The van der Waals surface area contributed by atoms with E-state index in [-0.39, 0.29) is 5.91 Å². The lowest BCUT2D eigenvalue weighted by Crippen LogP contribution is -2.36. The number of benzene rings is 1. The van der Waals surface area contributed by atoms with Gasteiger partial charge in [-0.15, -0.1) is 0 Å². The Hall–Kier alpha value is -1.55. The summed E-state index contributed by atoms with van der Waals surface area (Å²) in [6.07, 6.45) is 1.18. The van der Waals surface area contributed by atoms with Crippen LogP contribution < -0.4 is 11.1 Å². The average Bonchev–Trinajstić information content (AvgIpc) is 2.37. The molecule has 0 spiro atoms. The Bertz CT molecular complexity index is 404. The molecule has 1 aromatic carbocycles. The highest BCUT2D eigenvalue weighted by molar-refractivity contribution is 5.76. The van der Waals surface area contributed by atoms with Crippen molar-refractivity contribution < 1.29 is 4.79 Å². The summed E-state index contributed by atoms with van der Waals surface area (Å²) in [4.78, 5) is 13.9. The van der Waals surface area contributed by atoms with Crippen molar-refractivity contribution in [2.75, 3.05) is 25.9 Å². The lowest BCUT2D eigenvalue weighted by Gasteiger charge is -2.20. The maximum atomic E-state index is 11.7. The van der Waals surface area contributed by atoms with Crippen LogP contribution >= 0.6 is 0 Å². The minimum absolute atomic E-state index is 0.0837. The van der Waals surface area contributed by atoms with E-state index in [1.54, 1.807) is 0 Å². The fraction of sp³-hybridized carbons (Fsp3) is 0.533. The fourth-order valence-electron chi connectivity index (χ4n) is 1.73. The van der Waals surface area contributed by atoms with Crippen LogP contribution in [0.4, 0.5) is 5.69 Å². The molecule has 0 unspecified atom stereocenters. The zero-order chi connectivity index (χ0) is 14.3. The molecule has 0 aliphatic rings. The topological polar surface area (TPSA) is 58.4 Å². The molecule has 0 bridgehead atoms. The van der Waals surface area contributed by atoms with Gasteiger partial charge < -0.3 is 16.0 Å². The summed E-state index contributed by atoms with van der Waals surface area (Å²) >= 11 is 0. The van der Waals surface area contributed by atoms with Crippen molar-refractivity contribution >= 4 is 11.6 Å². The van der Waals surface area contributed by atoms with Crippen molar-refractivity contribution in [1.82, 2.24) is 10.2 Å². The third-order valence-electron chi connectivity index (χ3n) is 3.34. The number of likely N-dealkylation sites (N-methyl/N-ethyl adjacent to an activating group) is 1. The predicted molar refractivity (Wildman–Crippen MR) is 80.0 cm³/mol. The number of nitrogen functional groups attached to an aromatic ring is 1. The lowest BCUT2D eigenvalue weighted by atomic mass is 10.1. The van der Waals surface area contributed by atoms with Crippen LogP contribution in [0.2, 0.25) is 0 Å². The minimum atomic E-state index is 0.0837. The van der Waals surface area contributed by atoms with Crippen LogP contribution in [-0.2, 0) is 11.2 Å². The second kappa shape index (κ2) is 7.79. The molecule has 4 heteroatoms. The number of carbonyl (C=O) groups excluding carboxylic acids is 1. The molecule has 0 radical (unpaired) electrons. The Labute approximate surface area is 116 Å². The van der Waals surface area contributed by atoms with E-state index in [9.17, 15) is 4.79 Å². The molecule has 106 valence electrons. The molecular formula is C15H25N3O. The molecule has 0 aliphatic heterocycles. The second-order valence-corrected chi connectivity index (χ2v) is 5.12. The molecule has 0 aromatic heterocycles. The Kier molecular flexibility index (Phi) is 6.36. The second-order valence-electron chi connectivity index (χ2n) is 5.12. The van der Waals surface area contributed by atoms with Gasteiger partial charge in [0.2, 0.25) is 5.91 Å². The standard InChI is InChI=1S/C15H25N3O/c1-12(2)18(3)11-10-17-15(19)9-8-13-6-4-5-7-14(13)16/h4-7,12H,8-11,16H2,1-3H3,(H,17,19). The van der Waals surface area contributed by atoms with Crippen molar-refractivity contribution in [3.8, 4) is 0 Å². The summed E-state index contributed by atoms with van der Waals surface area (Å²) < 4.78 is 0. The van der Waals surface area contributed by atoms with Gasteiger partial charge in [0.05, 0.1) is 0 Å². The van der Waals surface area contributed by atoms with Crippen LogP contribution in [-0.4, -0.2) is 37.0 Å². The predicted octanol–water partition coefficient (Wildman–Crippen LogP) is 1.66. The molecule has 0 saturated carbocycles. The number of anilines is 1. The van der Waals surface area contributed by atoms with E-state index < -0.39 is 0 Å². The van der Waals surface area contributed by atoms with Gasteiger partial charge in [0.15, 0.2) is 0 Å². The van der Waals surface area contributed by atoms with E-state index in [4.69, 9.17) is 5.73 Å². The first kappa shape index (κ1) is 15.5. The van der Waals surface area contributed by atoms with Crippen molar-refractivity contribution in [1.29, 1.82) is 0 Å². The number of nitrogens with one attached hydrogen (secondary N) is 1. The average molecular weight is 263 g/mol. The van der Waals surface area contributed by atoms with Gasteiger partial charge in [-0.05, 0) is 38.9 Å². The first-order valence-corrected chi connectivity index (χ1v) is 6.81. The van der Waals surface area contributed by atoms with Gasteiger partial charge in [0.25, 0.3) is 0 Å². The van der Waals surface area contributed by atoms with Crippen molar-refractivity contribution in [2.24, 2.45) is 0 Å². The van der Waals surface area contributed by atoms with Gasteiger partial charge in [0, 0.05) is 31.2 Å². The highest BCUT2D eigenvalue weighted by Crippen LogP contribution is 2.12. The van der Waals surface area contributed by atoms with Crippen LogP contribution in [0.15, 0.2) is 24.3 Å². The molecule has 3 N–H and O–H groups in total. The van der Waals surface area contributed by atoms with E-state index in [0.29, 0.717) is 25.4 Å². The molecule has 0 heterocycles. The number of hydrogen-bond donors (Lipinski definition) is 2. The maximum absolute atomic E-state index is 11.7. The number of rotatable bonds is 7. The van der Waals surface area contributed by atoms with Gasteiger partial charge in [0.1, 0.15) is 0 Å². The molecular weight excluding hydrogens is 238 g/mol. The first-order chi connectivity index (χ1) is 9.00. The van der Waals surface area contributed by atoms with E-state index in [1.165, 1.54) is 0 Å². The quantitative estimate of drug-likeness (QED) is 0.736. The van der Waals surface area contributed by atoms with E-state index in [2.05, 4.69) is 31.1 Å². The number of para-hydroxylation sites is 1. The molecule has 1 rings (SSSR count). The molecule has 1 aromatic rings. The zero-order valence-corrected chi connectivity index (χ0v) is 12.1. The molecule has 0 atom stereocenters. The van der Waals surface area contributed by atoms with Crippen molar-refractivity contribution in [2.45, 2.75) is 32.7 Å². The number of nitrogens with zero attached hydrogens (tertiary/aromatic N) is 1. The molecule has 19 heavy (non-hydrogen) atoms. The fourth-order valence-corrected chi connectivity index (χ4v) is 1.73. The highest BCUT2D eigenvalue weighted by Gasteiger charge is 2.06. The largest absolute Gasteiger partial charge is 0.399 e. The summed E-state index contributed by atoms with van der Waals surface area (Å²) in [5, 5.41) is 2.94. The van der Waals surface area contributed by atoms with Gasteiger partial charge in [-0.2, -0.15) is 0 Å². The molecule has 1 amide bonds. The van der Waals surface area contributed by atoms with Gasteiger partial charge in [-0.3, -0.25) is 4.79 Å². The van der Waals surface area contributed by atoms with E-state index in [1.807, 2.05) is 24.3 Å². The minimum Gasteiger partial charge on any atom is -0.399 e. The molecule has 0 saturated heterocycles. The van der Waals surface area contributed by atoms with E-state index >= 15 is 0 Å². The van der Waals surface area contributed by atoms with Gasteiger partial charge in [-0.25, -0.2) is 0 Å². The number of aryl methyl sites for hydroxylation is 1. The number of nitrogens with two attached hydrogens (primary N) is 1. The molecule has 0 aliphatic carbocycles. The van der Waals surface area contributed by atoms with Crippen molar-refractivity contribution in [3.63, 3.8) is 0 Å². The molecule has 0 fully saturated rings. The third kappa shape index (κ3) is 5.75. The van der Waals surface area contributed by atoms with Gasteiger partial charge >= 0.3 is 0 Å². The summed E-state index contributed by atoms with van der Waals surface area (Å²) in [5.41, 5.74) is 7.64. The Morgan fingerprint density at radius 3 is 2.68 bits per heavy atom. The Balaban J connectivity index is 2.24. The van der Waals surface area contributed by atoms with Crippen LogP contribution in [0.25, 0.3) is 0 Å². The first-order valence-electron chi connectivity index (χ1n) is 6.81. The smallest absolute Gasteiger partial charge is 0.220 e. The van der Waals surface area contributed by atoms with Crippen LogP contribution in [0.1, 0.15) is 25.8 Å². The lowest BCUT2D eigenvalue weighted by molar-refractivity contribution is -0.121. The monoisotopic (exact) mass is 263 g/mol. The number of amides is 1. The van der Waals surface area contributed by atoms with Crippen molar-refractivity contribution in [3.05, 3.63) is 29.8 Å². The Morgan fingerprint density at radius 1 is 1.37 bits per heavy atom. The maximum Gasteiger partial charge on any atom is 0.220 e. The highest BCUT2D eigenvalue weighted by atomic mass is 16.1. The zero-order valence-electron chi connectivity index (χ0n) is 12.1. The summed E-state index contributed by atoms with van der Waals surface area (Å²) in [6, 6.07) is 8.18. The number of hydrogen-bond acceptors (Lipinski definition) is 3. The SMILES string of the molecule is CC(C)N(C)CCNC(=O)CCc1ccccc1N. The van der Waals surface area contributed by atoms with Crippen LogP contribution in [0.5, 0.6) is 0 Å². The number of carbonyl (C=O) groups is 1. The Morgan fingerprint density at radius 2 is 2.05 bits per heavy atom.